The van der Waals surface area contributed by atoms with E-state index in [2.05, 4.69) is 4.74 Å². The van der Waals surface area contributed by atoms with Gasteiger partial charge in [-0.05, 0) is 17.5 Å². The van der Waals surface area contributed by atoms with Gasteiger partial charge >= 0.3 is 6.36 Å². The Morgan fingerprint density at radius 2 is 2.00 bits per heavy atom. The largest absolute Gasteiger partial charge is 0.573 e. The molecule has 1 rings (SSSR count). The van der Waals surface area contributed by atoms with Crippen molar-refractivity contribution in [2.24, 2.45) is 5.73 Å². The third kappa shape index (κ3) is 5.08. The van der Waals surface area contributed by atoms with Crippen molar-refractivity contribution in [3.63, 3.8) is 0 Å². The fourth-order valence-electron chi connectivity index (χ4n) is 1.53. The summed E-state index contributed by atoms with van der Waals surface area (Å²) in [7, 11) is 0. The number of carbonyl (C=O) groups excluding carboxylic acids is 1. The molecule has 0 saturated heterocycles. The van der Waals surface area contributed by atoms with Crippen LogP contribution in [0.1, 0.15) is 25.3 Å². The molecule has 4 nitrogen and oxygen atoms in total. The summed E-state index contributed by atoms with van der Waals surface area (Å²) in [6, 6.07) is 3.81. The van der Waals surface area contributed by atoms with Crippen LogP contribution in [0.3, 0.4) is 0 Å². The first-order valence-electron chi connectivity index (χ1n) is 5.97. The predicted octanol–water partition coefficient (Wildman–Crippen LogP) is 2.62. The van der Waals surface area contributed by atoms with Crippen LogP contribution in [-0.2, 0) is 4.79 Å². The van der Waals surface area contributed by atoms with Crippen LogP contribution in [-0.4, -0.2) is 25.3 Å². The molecule has 0 aliphatic heterocycles. The first kappa shape index (κ1) is 16.3. The van der Waals surface area contributed by atoms with Gasteiger partial charge in [0.05, 0.1) is 6.54 Å². The van der Waals surface area contributed by atoms with E-state index in [9.17, 15) is 18.0 Å². The molecule has 0 atom stereocenters. The summed E-state index contributed by atoms with van der Waals surface area (Å²) in [5.74, 6) is -0.527. The van der Waals surface area contributed by atoms with Gasteiger partial charge < -0.3 is 15.2 Å². The van der Waals surface area contributed by atoms with Gasteiger partial charge in [-0.25, -0.2) is 0 Å². The van der Waals surface area contributed by atoms with Crippen molar-refractivity contribution in [3.8, 4) is 11.5 Å². The van der Waals surface area contributed by atoms with E-state index >= 15 is 0 Å². The number of carbonyl (C=O) groups is 1. The third-order valence-electron chi connectivity index (χ3n) is 2.46. The molecule has 0 aliphatic carbocycles. The van der Waals surface area contributed by atoms with Crippen LogP contribution in [0.25, 0.3) is 0 Å². The standard InChI is InChI=1S/C13H16F3NO3/c1-8(2)11-4-3-10(20-13(14,15)16)5-12(11)19-7-9(18)6-17/h3-5,8H,6-7,17H2,1-2H3. The van der Waals surface area contributed by atoms with Gasteiger partial charge in [0.25, 0.3) is 0 Å². The van der Waals surface area contributed by atoms with Crippen molar-refractivity contribution in [3.05, 3.63) is 23.8 Å². The molecule has 0 amide bonds. The fraction of sp³-hybridized carbons (Fsp3) is 0.462. The maximum atomic E-state index is 12.2. The van der Waals surface area contributed by atoms with Gasteiger partial charge in [-0.15, -0.1) is 13.2 Å². The van der Waals surface area contributed by atoms with E-state index in [-0.39, 0.29) is 30.6 Å². The summed E-state index contributed by atoms with van der Waals surface area (Å²) in [5.41, 5.74) is 5.83. The number of hydrogen-bond donors (Lipinski definition) is 1. The van der Waals surface area contributed by atoms with Crippen molar-refractivity contribution >= 4 is 5.78 Å². The molecule has 0 spiro atoms. The molecule has 1 aromatic carbocycles. The van der Waals surface area contributed by atoms with Gasteiger partial charge in [0.15, 0.2) is 5.78 Å². The monoisotopic (exact) mass is 291 g/mol. The van der Waals surface area contributed by atoms with E-state index in [0.717, 1.165) is 6.07 Å². The van der Waals surface area contributed by atoms with Crippen molar-refractivity contribution in [2.45, 2.75) is 26.1 Å². The van der Waals surface area contributed by atoms with E-state index < -0.39 is 12.1 Å². The molecule has 0 aliphatic rings. The molecule has 0 bridgehead atoms. The lowest BCUT2D eigenvalue weighted by Crippen LogP contribution is -2.21. The summed E-state index contributed by atoms with van der Waals surface area (Å²) in [4.78, 5) is 11.1. The van der Waals surface area contributed by atoms with Crippen molar-refractivity contribution in [1.82, 2.24) is 0 Å². The molecule has 0 saturated carbocycles. The molecule has 112 valence electrons. The van der Waals surface area contributed by atoms with E-state index in [1.165, 1.54) is 12.1 Å². The maximum Gasteiger partial charge on any atom is 0.573 e. The molecule has 20 heavy (non-hydrogen) atoms. The van der Waals surface area contributed by atoms with E-state index in [0.29, 0.717) is 5.56 Å². The molecule has 0 heterocycles. The second kappa shape index (κ2) is 6.60. The summed E-state index contributed by atoms with van der Waals surface area (Å²) < 4.78 is 45.6. The zero-order valence-electron chi connectivity index (χ0n) is 11.2. The fourth-order valence-corrected chi connectivity index (χ4v) is 1.53. The lowest BCUT2D eigenvalue weighted by Gasteiger charge is -2.16. The molecular weight excluding hydrogens is 275 g/mol. The highest BCUT2D eigenvalue weighted by atomic mass is 19.4. The first-order valence-corrected chi connectivity index (χ1v) is 5.97. The molecule has 0 fully saturated rings. The minimum Gasteiger partial charge on any atom is -0.485 e. The zero-order valence-corrected chi connectivity index (χ0v) is 11.2. The van der Waals surface area contributed by atoms with Crippen LogP contribution < -0.4 is 15.2 Å². The topological polar surface area (TPSA) is 61.5 Å². The number of ether oxygens (including phenoxy) is 2. The number of hydrogen-bond acceptors (Lipinski definition) is 4. The van der Waals surface area contributed by atoms with Gasteiger partial charge in [0.1, 0.15) is 18.1 Å². The highest BCUT2D eigenvalue weighted by molar-refractivity contribution is 5.81. The van der Waals surface area contributed by atoms with Crippen LogP contribution in [0.4, 0.5) is 13.2 Å². The van der Waals surface area contributed by atoms with Gasteiger partial charge in [-0.1, -0.05) is 19.9 Å². The Bertz CT molecular complexity index is 472. The number of nitrogens with two attached hydrogens (primary N) is 1. The summed E-state index contributed by atoms with van der Waals surface area (Å²) >= 11 is 0. The van der Waals surface area contributed by atoms with Gasteiger partial charge in [0.2, 0.25) is 0 Å². The minimum absolute atomic E-state index is 0.0258. The number of benzene rings is 1. The maximum absolute atomic E-state index is 12.2. The van der Waals surface area contributed by atoms with Crippen LogP contribution in [0, 0.1) is 0 Å². The van der Waals surface area contributed by atoms with Crippen LogP contribution in [0.15, 0.2) is 18.2 Å². The average molecular weight is 291 g/mol. The second-order valence-corrected chi connectivity index (χ2v) is 4.43. The Balaban J connectivity index is 2.96. The molecule has 2 N–H and O–H groups in total. The molecule has 0 aromatic heterocycles. The molecule has 1 aromatic rings. The average Bonchev–Trinajstić information content (AvgIpc) is 2.33. The number of alkyl halides is 3. The molecular formula is C13H16F3NO3. The Labute approximate surface area is 114 Å². The van der Waals surface area contributed by atoms with Crippen LogP contribution in [0.5, 0.6) is 11.5 Å². The summed E-state index contributed by atoms with van der Waals surface area (Å²) in [6.45, 7) is 3.25. The second-order valence-electron chi connectivity index (χ2n) is 4.43. The van der Waals surface area contributed by atoms with Crippen molar-refractivity contribution < 1.29 is 27.4 Å². The lowest BCUT2D eigenvalue weighted by atomic mass is 10.0. The minimum atomic E-state index is -4.77. The quantitative estimate of drug-likeness (QED) is 0.875. The van der Waals surface area contributed by atoms with E-state index in [1.54, 1.807) is 0 Å². The van der Waals surface area contributed by atoms with Gasteiger partial charge in [-0.2, -0.15) is 0 Å². The predicted molar refractivity (Wildman–Crippen MR) is 66.8 cm³/mol. The van der Waals surface area contributed by atoms with Gasteiger partial charge in [-0.3, -0.25) is 4.79 Å². The highest BCUT2D eigenvalue weighted by Gasteiger charge is 2.31. The Kier molecular flexibility index (Phi) is 5.38. The lowest BCUT2D eigenvalue weighted by molar-refractivity contribution is -0.274. The Morgan fingerprint density at radius 3 is 2.50 bits per heavy atom. The SMILES string of the molecule is CC(C)c1ccc(OC(F)(F)F)cc1OCC(=O)CN. The summed E-state index contributed by atoms with van der Waals surface area (Å²) in [5, 5.41) is 0. The van der Waals surface area contributed by atoms with Crippen molar-refractivity contribution in [1.29, 1.82) is 0 Å². The van der Waals surface area contributed by atoms with Crippen LogP contribution >= 0.6 is 0 Å². The van der Waals surface area contributed by atoms with Crippen LogP contribution in [0.2, 0.25) is 0 Å². The normalized spacial score (nSPS) is 11.6. The summed E-state index contributed by atoms with van der Waals surface area (Å²) in [6.07, 6.45) is -4.77. The number of halogens is 3. The zero-order chi connectivity index (χ0) is 15.3. The number of Topliss-reactive ketones (excluding diaryl/α,β-unsaturated/α-hetero) is 1. The van der Waals surface area contributed by atoms with E-state index in [4.69, 9.17) is 10.5 Å². The highest BCUT2D eigenvalue weighted by Crippen LogP contribution is 2.32. The number of ketones is 1. The molecule has 7 heteroatoms. The van der Waals surface area contributed by atoms with E-state index in [1.807, 2.05) is 13.8 Å². The Hall–Kier alpha value is -1.76. The van der Waals surface area contributed by atoms with Gasteiger partial charge in [0, 0.05) is 6.07 Å². The van der Waals surface area contributed by atoms with Crippen molar-refractivity contribution in [2.75, 3.05) is 13.2 Å². The smallest absolute Gasteiger partial charge is 0.485 e. The molecule has 0 unspecified atom stereocenters. The molecule has 0 radical (unpaired) electrons. The first-order chi connectivity index (χ1) is 9.23. The number of rotatable bonds is 6. The third-order valence-corrected chi connectivity index (χ3v) is 2.46. The Morgan fingerprint density at radius 1 is 1.35 bits per heavy atom.